The van der Waals surface area contributed by atoms with Crippen LogP contribution in [0.1, 0.15) is 0 Å². The number of para-hydroxylation sites is 3. The number of hydrogen-bond donors (Lipinski definition) is 0. The fraction of sp³-hybridized carbons (Fsp3) is 0. The van der Waals surface area contributed by atoms with Gasteiger partial charge in [-0.3, -0.25) is 4.98 Å². The third-order valence-electron chi connectivity index (χ3n) is 4.49. The molecule has 5 rings (SSSR count). The molecule has 0 radical (unpaired) electrons. The molecule has 3 heteroatoms. The fourth-order valence-corrected chi connectivity index (χ4v) is 3.72. The molecular weight excluding hydrogens is 360 g/mol. The van der Waals surface area contributed by atoms with Crippen LogP contribution in [0.2, 0.25) is 0 Å². The summed E-state index contributed by atoms with van der Waals surface area (Å²) < 4.78 is 3.40. The Balaban J connectivity index is 2.02. The second-order valence-corrected chi connectivity index (χ2v) is 6.78. The minimum absolute atomic E-state index is 1.01. The van der Waals surface area contributed by atoms with Gasteiger partial charge in [0.1, 0.15) is 0 Å². The normalized spacial score (nSPS) is 11.5. The lowest BCUT2D eigenvalue weighted by molar-refractivity contribution is 1.27. The van der Waals surface area contributed by atoms with Crippen molar-refractivity contribution >= 4 is 43.4 Å². The van der Waals surface area contributed by atoms with E-state index in [9.17, 15) is 0 Å². The van der Waals surface area contributed by atoms with E-state index in [0.717, 1.165) is 21.0 Å². The summed E-state index contributed by atoms with van der Waals surface area (Å²) in [6.07, 6.45) is 1.99. The zero-order valence-corrected chi connectivity index (χ0v) is 14.4. The van der Waals surface area contributed by atoms with Crippen molar-refractivity contribution in [3.63, 3.8) is 0 Å². The van der Waals surface area contributed by atoms with Crippen LogP contribution < -0.4 is 0 Å². The summed E-state index contributed by atoms with van der Waals surface area (Å²) in [6, 6.07) is 25.3. The number of benzene rings is 3. The smallest absolute Gasteiger partial charge is 0.0871 e. The molecule has 0 saturated carbocycles. The maximum atomic E-state index is 4.68. The number of nitrogens with zero attached hydrogens (tertiary/aromatic N) is 2. The minimum atomic E-state index is 1.01. The van der Waals surface area contributed by atoms with Crippen molar-refractivity contribution in [3.8, 4) is 11.1 Å². The lowest BCUT2D eigenvalue weighted by atomic mass is 10.0. The number of rotatable bonds is 1. The molecule has 0 fully saturated rings. The minimum Gasteiger partial charge on any atom is -0.306 e. The average Bonchev–Trinajstić information content (AvgIpc) is 2.97. The first-order chi connectivity index (χ1) is 11.8. The van der Waals surface area contributed by atoms with Crippen molar-refractivity contribution in [1.82, 2.24) is 9.38 Å². The SMILES string of the molecule is Brc1ccc(-c2c3ccccc3n3c2cnc2ccccc23)cc1. The molecule has 0 N–H and O–H groups in total. The molecule has 0 amide bonds. The Labute approximate surface area is 147 Å². The molecule has 0 aliphatic carbocycles. The molecule has 0 saturated heterocycles. The van der Waals surface area contributed by atoms with E-state index >= 15 is 0 Å². The van der Waals surface area contributed by atoms with Gasteiger partial charge in [0.2, 0.25) is 0 Å². The Kier molecular flexibility index (Phi) is 2.97. The Bertz CT molecular complexity index is 1200. The van der Waals surface area contributed by atoms with Crippen LogP contribution in [0, 0.1) is 0 Å². The highest BCUT2D eigenvalue weighted by Crippen LogP contribution is 2.37. The molecule has 2 heterocycles. The topological polar surface area (TPSA) is 17.3 Å². The lowest BCUT2D eigenvalue weighted by Gasteiger charge is -2.04. The van der Waals surface area contributed by atoms with E-state index in [1.54, 1.807) is 0 Å². The first kappa shape index (κ1) is 13.8. The largest absolute Gasteiger partial charge is 0.306 e. The molecule has 3 aromatic carbocycles. The Hall–Kier alpha value is -2.65. The number of halogens is 1. The van der Waals surface area contributed by atoms with Gasteiger partial charge in [0.15, 0.2) is 0 Å². The Morgan fingerprint density at radius 3 is 2.25 bits per heavy atom. The van der Waals surface area contributed by atoms with Gasteiger partial charge in [0, 0.05) is 15.4 Å². The first-order valence-corrected chi connectivity index (χ1v) is 8.65. The Morgan fingerprint density at radius 2 is 1.42 bits per heavy atom. The van der Waals surface area contributed by atoms with Gasteiger partial charge in [0.25, 0.3) is 0 Å². The van der Waals surface area contributed by atoms with Crippen LogP contribution in [0.3, 0.4) is 0 Å². The molecule has 24 heavy (non-hydrogen) atoms. The molecule has 2 aromatic heterocycles. The van der Waals surface area contributed by atoms with Gasteiger partial charge < -0.3 is 4.40 Å². The Morgan fingerprint density at radius 1 is 0.708 bits per heavy atom. The van der Waals surface area contributed by atoms with Crippen LogP contribution in [0.15, 0.2) is 83.5 Å². The summed E-state index contributed by atoms with van der Waals surface area (Å²) in [5.74, 6) is 0. The van der Waals surface area contributed by atoms with E-state index in [-0.39, 0.29) is 0 Å². The third kappa shape index (κ3) is 1.91. The van der Waals surface area contributed by atoms with Gasteiger partial charge in [-0.2, -0.15) is 0 Å². The van der Waals surface area contributed by atoms with Crippen molar-refractivity contribution in [1.29, 1.82) is 0 Å². The summed E-state index contributed by atoms with van der Waals surface area (Å²) in [4.78, 5) is 4.68. The molecule has 2 nitrogen and oxygen atoms in total. The number of fused-ring (bicyclic) bond motifs is 5. The number of aromatic nitrogens is 2. The van der Waals surface area contributed by atoms with Crippen LogP contribution >= 0.6 is 15.9 Å². The maximum absolute atomic E-state index is 4.68. The molecular formula is C21H13BrN2. The fourth-order valence-electron chi connectivity index (χ4n) is 3.45. The van der Waals surface area contributed by atoms with Gasteiger partial charge in [-0.1, -0.05) is 58.4 Å². The highest BCUT2D eigenvalue weighted by molar-refractivity contribution is 9.10. The summed E-state index contributed by atoms with van der Waals surface area (Å²) in [5.41, 5.74) is 6.93. The first-order valence-electron chi connectivity index (χ1n) is 7.86. The van der Waals surface area contributed by atoms with Crippen molar-refractivity contribution in [2.45, 2.75) is 0 Å². The second-order valence-electron chi connectivity index (χ2n) is 5.87. The van der Waals surface area contributed by atoms with E-state index in [2.05, 4.69) is 92.0 Å². The van der Waals surface area contributed by atoms with E-state index in [4.69, 9.17) is 0 Å². The van der Waals surface area contributed by atoms with Crippen LogP contribution in [0.4, 0.5) is 0 Å². The second kappa shape index (κ2) is 5.18. The van der Waals surface area contributed by atoms with Crippen molar-refractivity contribution in [2.24, 2.45) is 0 Å². The van der Waals surface area contributed by atoms with E-state index in [0.29, 0.717) is 0 Å². The molecule has 0 unspecified atom stereocenters. The monoisotopic (exact) mass is 372 g/mol. The molecule has 0 atom stereocenters. The average molecular weight is 373 g/mol. The van der Waals surface area contributed by atoms with Crippen LogP contribution in [-0.4, -0.2) is 9.38 Å². The predicted molar refractivity (Wildman–Crippen MR) is 103 cm³/mol. The summed E-state index contributed by atoms with van der Waals surface area (Å²) in [7, 11) is 0. The highest BCUT2D eigenvalue weighted by Gasteiger charge is 2.15. The molecule has 0 spiro atoms. The molecule has 0 bridgehead atoms. The summed E-state index contributed by atoms with van der Waals surface area (Å²) in [5, 5.41) is 1.25. The zero-order chi connectivity index (χ0) is 16.1. The highest BCUT2D eigenvalue weighted by atomic mass is 79.9. The van der Waals surface area contributed by atoms with Gasteiger partial charge in [-0.15, -0.1) is 0 Å². The number of hydrogen-bond acceptors (Lipinski definition) is 1. The standard InChI is InChI=1S/C21H13BrN2/c22-15-11-9-14(10-12-15)21-16-5-1-3-7-18(16)24-19-8-4-2-6-17(19)23-13-20(21)24/h1-13H. The van der Waals surface area contributed by atoms with Crippen molar-refractivity contribution < 1.29 is 0 Å². The van der Waals surface area contributed by atoms with E-state index < -0.39 is 0 Å². The van der Waals surface area contributed by atoms with Crippen LogP contribution in [0.25, 0.3) is 38.6 Å². The quantitative estimate of drug-likeness (QED) is 0.349. The van der Waals surface area contributed by atoms with Crippen LogP contribution in [-0.2, 0) is 0 Å². The predicted octanol–water partition coefficient (Wildman–Crippen LogP) is 6.07. The molecule has 0 aliphatic heterocycles. The van der Waals surface area contributed by atoms with Gasteiger partial charge in [-0.25, -0.2) is 0 Å². The third-order valence-corrected chi connectivity index (χ3v) is 5.02. The van der Waals surface area contributed by atoms with Gasteiger partial charge >= 0.3 is 0 Å². The van der Waals surface area contributed by atoms with Crippen molar-refractivity contribution in [3.05, 3.63) is 83.5 Å². The maximum Gasteiger partial charge on any atom is 0.0871 e. The van der Waals surface area contributed by atoms with E-state index in [1.165, 1.54) is 22.0 Å². The van der Waals surface area contributed by atoms with E-state index in [1.807, 2.05) is 12.3 Å². The lowest BCUT2D eigenvalue weighted by Crippen LogP contribution is -1.90. The van der Waals surface area contributed by atoms with Crippen LogP contribution in [0.5, 0.6) is 0 Å². The molecule has 0 aliphatic rings. The molecule has 114 valence electrons. The summed E-state index contributed by atoms with van der Waals surface area (Å²) in [6.45, 7) is 0. The van der Waals surface area contributed by atoms with Gasteiger partial charge in [0.05, 0.1) is 28.3 Å². The summed E-state index contributed by atoms with van der Waals surface area (Å²) >= 11 is 3.52. The molecule has 5 aromatic rings. The van der Waals surface area contributed by atoms with Crippen molar-refractivity contribution in [2.75, 3.05) is 0 Å². The van der Waals surface area contributed by atoms with Gasteiger partial charge in [-0.05, 0) is 35.9 Å². The zero-order valence-electron chi connectivity index (χ0n) is 12.8.